The third-order valence-corrected chi connectivity index (χ3v) is 6.96. The largest absolute Gasteiger partial charge is 0.299 e. The molecule has 2 saturated carbocycles. The molecule has 4 aliphatic carbocycles. The van der Waals surface area contributed by atoms with Gasteiger partial charge in [-0.2, -0.15) is 0 Å². The van der Waals surface area contributed by atoms with Crippen molar-refractivity contribution in [2.24, 2.45) is 28.6 Å². The van der Waals surface area contributed by atoms with Crippen molar-refractivity contribution in [3.63, 3.8) is 0 Å². The summed E-state index contributed by atoms with van der Waals surface area (Å²) >= 11 is 0. The summed E-state index contributed by atoms with van der Waals surface area (Å²) in [7, 11) is 0. The van der Waals surface area contributed by atoms with E-state index in [2.05, 4.69) is 32.9 Å². The zero-order valence-corrected chi connectivity index (χ0v) is 13.7. The van der Waals surface area contributed by atoms with Crippen molar-refractivity contribution < 1.29 is 9.59 Å². The second kappa shape index (κ2) is 4.31. The third kappa shape index (κ3) is 1.61. The highest BCUT2D eigenvalue weighted by molar-refractivity contribution is 6.01. The minimum absolute atomic E-state index is 0.0902. The van der Waals surface area contributed by atoms with Gasteiger partial charge in [-0.05, 0) is 56.6 Å². The highest BCUT2D eigenvalue weighted by Gasteiger charge is 2.57. The van der Waals surface area contributed by atoms with E-state index in [0.29, 0.717) is 17.6 Å². The van der Waals surface area contributed by atoms with Gasteiger partial charge in [-0.15, -0.1) is 0 Å². The SMILES string of the molecule is C[C@H]1C[C@@H]2[C@@H]3CCC4=CC(=O)C=C[C@@]4(C)C3=CC[C@]2(C)C1=O. The molecule has 0 heterocycles. The number of carbonyl (C=O) groups excluding carboxylic acids is 2. The molecule has 0 amide bonds. The highest BCUT2D eigenvalue weighted by Crippen LogP contribution is 2.61. The topological polar surface area (TPSA) is 34.1 Å². The van der Waals surface area contributed by atoms with E-state index >= 15 is 0 Å². The Morgan fingerprint density at radius 2 is 2.00 bits per heavy atom. The van der Waals surface area contributed by atoms with Crippen LogP contribution >= 0.6 is 0 Å². The molecule has 2 heteroatoms. The van der Waals surface area contributed by atoms with Gasteiger partial charge in [0.1, 0.15) is 5.78 Å². The van der Waals surface area contributed by atoms with Crippen molar-refractivity contribution in [2.75, 3.05) is 0 Å². The molecule has 4 aliphatic rings. The quantitative estimate of drug-likeness (QED) is 0.632. The maximum atomic E-state index is 12.6. The molecule has 0 bridgehead atoms. The van der Waals surface area contributed by atoms with Gasteiger partial charge in [-0.25, -0.2) is 0 Å². The van der Waals surface area contributed by atoms with Crippen LogP contribution in [-0.2, 0) is 9.59 Å². The Morgan fingerprint density at radius 3 is 2.77 bits per heavy atom. The minimum atomic E-state index is -0.153. The predicted octanol–water partition coefficient (Wildman–Crippen LogP) is 4.03. The van der Waals surface area contributed by atoms with Crippen LogP contribution in [0.5, 0.6) is 0 Å². The van der Waals surface area contributed by atoms with E-state index in [9.17, 15) is 9.59 Å². The average molecular weight is 296 g/mol. The fourth-order valence-corrected chi connectivity index (χ4v) is 5.65. The lowest BCUT2D eigenvalue weighted by atomic mass is 9.53. The van der Waals surface area contributed by atoms with Gasteiger partial charge in [0.15, 0.2) is 5.78 Å². The minimum Gasteiger partial charge on any atom is -0.299 e. The molecule has 0 radical (unpaired) electrons. The molecule has 116 valence electrons. The first-order chi connectivity index (χ1) is 10.4. The van der Waals surface area contributed by atoms with Crippen LogP contribution in [0.15, 0.2) is 35.5 Å². The van der Waals surface area contributed by atoms with Crippen molar-refractivity contribution >= 4 is 11.6 Å². The monoisotopic (exact) mass is 296 g/mol. The summed E-state index contributed by atoms with van der Waals surface area (Å²) in [5.41, 5.74) is 2.49. The van der Waals surface area contributed by atoms with Gasteiger partial charge < -0.3 is 0 Å². The zero-order chi connectivity index (χ0) is 15.7. The molecule has 0 aliphatic heterocycles. The van der Waals surface area contributed by atoms with E-state index in [0.717, 1.165) is 25.7 Å². The van der Waals surface area contributed by atoms with Crippen LogP contribution in [0.4, 0.5) is 0 Å². The molecule has 0 spiro atoms. The Balaban J connectivity index is 1.79. The van der Waals surface area contributed by atoms with E-state index in [-0.39, 0.29) is 22.5 Å². The van der Waals surface area contributed by atoms with Crippen LogP contribution in [0.2, 0.25) is 0 Å². The molecule has 2 nitrogen and oxygen atoms in total. The Hall–Kier alpha value is -1.44. The van der Waals surface area contributed by atoms with Crippen molar-refractivity contribution in [1.82, 2.24) is 0 Å². The highest BCUT2D eigenvalue weighted by atomic mass is 16.1. The van der Waals surface area contributed by atoms with Gasteiger partial charge in [-0.3, -0.25) is 9.59 Å². The molecule has 0 aromatic carbocycles. The zero-order valence-electron chi connectivity index (χ0n) is 13.7. The number of Topliss-reactive ketones (excluding diaryl/α,β-unsaturated/α-hetero) is 1. The second-order valence-corrected chi connectivity index (χ2v) is 8.14. The number of rotatable bonds is 0. The van der Waals surface area contributed by atoms with Gasteiger partial charge in [0.05, 0.1) is 0 Å². The van der Waals surface area contributed by atoms with Gasteiger partial charge in [0, 0.05) is 16.7 Å². The molecule has 0 unspecified atom stereocenters. The molecular formula is C20H24O2. The summed E-state index contributed by atoms with van der Waals surface area (Å²) in [5, 5.41) is 0. The smallest absolute Gasteiger partial charge is 0.178 e. The average Bonchev–Trinajstić information content (AvgIpc) is 2.72. The van der Waals surface area contributed by atoms with E-state index in [4.69, 9.17) is 0 Å². The number of hydrogen-bond acceptors (Lipinski definition) is 2. The second-order valence-electron chi connectivity index (χ2n) is 8.14. The van der Waals surface area contributed by atoms with Crippen LogP contribution in [0, 0.1) is 28.6 Å². The summed E-state index contributed by atoms with van der Waals surface area (Å²) in [5.74, 6) is 1.79. The summed E-state index contributed by atoms with van der Waals surface area (Å²) in [6, 6.07) is 0. The number of ketones is 2. The number of carbonyl (C=O) groups is 2. The Morgan fingerprint density at radius 1 is 1.23 bits per heavy atom. The van der Waals surface area contributed by atoms with Crippen LogP contribution < -0.4 is 0 Å². The normalized spacial score (nSPS) is 46.6. The Kier molecular flexibility index (Phi) is 2.77. The van der Waals surface area contributed by atoms with Crippen LogP contribution in [0.3, 0.4) is 0 Å². The first-order valence-corrected chi connectivity index (χ1v) is 8.55. The third-order valence-electron chi connectivity index (χ3n) is 6.96. The maximum Gasteiger partial charge on any atom is 0.178 e. The number of fused-ring (bicyclic) bond motifs is 5. The van der Waals surface area contributed by atoms with Gasteiger partial charge in [-0.1, -0.05) is 37.1 Å². The summed E-state index contributed by atoms with van der Waals surface area (Å²) in [6.45, 7) is 6.54. The lowest BCUT2D eigenvalue weighted by Gasteiger charge is -2.50. The molecule has 0 N–H and O–H groups in total. The summed E-state index contributed by atoms with van der Waals surface area (Å²) in [6.07, 6.45) is 12.0. The predicted molar refractivity (Wildman–Crippen MR) is 86.1 cm³/mol. The van der Waals surface area contributed by atoms with Gasteiger partial charge in [0.25, 0.3) is 0 Å². The first kappa shape index (κ1) is 14.2. The molecule has 0 aromatic heterocycles. The molecule has 0 saturated heterocycles. The molecule has 22 heavy (non-hydrogen) atoms. The standard InChI is InChI=1S/C20H24O2/c1-12-10-17-15-5-4-13-11-14(21)6-8-19(13,2)16(15)7-9-20(17,3)18(12)22/h6-8,11-12,15,17H,4-5,9-10H2,1-3H3/t12-,15+,17+,19+,20-/m0/s1. The summed E-state index contributed by atoms with van der Waals surface area (Å²) < 4.78 is 0. The fourth-order valence-electron chi connectivity index (χ4n) is 5.65. The first-order valence-electron chi connectivity index (χ1n) is 8.55. The lowest BCUT2D eigenvalue weighted by Crippen LogP contribution is -2.43. The molecular weight excluding hydrogens is 272 g/mol. The van der Waals surface area contributed by atoms with E-state index < -0.39 is 0 Å². The maximum absolute atomic E-state index is 12.6. The van der Waals surface area contributed by atoms with Crippen LogP contribution in [0.1, 0.15) is 46.5 Å². The van der Waals surface area contributed by atoms with Crippen molar-refractivity contribution in [3.8, 4) is 0 Å². The van der Waals surface area contributed by atoms with E-state index in [1.54, 1.807) is 6.08 Å². The van der Waals surface area contributed by atoms with Crippen molar-refractivity contribution in [1.29, 1.82) is 0 Å². The molecule has 0 aromatic rings. The van der Waals surface area contributed by atoms with E-state index in [1.807, 2.05) is 6.08 Å². The Labute approximate surface area is 132 Å². The molecule has 2 fully saturated rings. The summed E-state index contributed by atoms with van der Waals surface area (Å²) in [4.78, 5) is 24.4. The van der Waals surface area contributed by atoms with Crippen molar-refractivity contribution in [2.45, 2.75) is 46.5 Å². The fraction of sp³-hybridized carbons (Fsp3) is 0.600. The lowest BCUT2D eigenvalue weighted by molar-refractivity contribution is -0.129. The van der Waals surface area contributed by atoms with E-state index in [1.165, 1.54) is 11.1 Å². The molecule has 4 rings (SSSR count). The Bertz CT molecular complexity index is 665. The number of allylic oxidation sites excluding steroid dienone is 6. The van der Waals surface area contributed by atoms with Gasteiger partial charge >= 0.3 is 0 Å². The van der Waals surface area contributed by atoms with Gasteiger partial charge in [0.2, 0.25) is 0 Å². The van der Waals surface area contributed by atoms with Crippen molar-refractivity contribution in [3.05, 3.63) is 35.5 Å². The van der Waals surface area contributed by atoms with Crippen LogP contribution in [0.25, 0.3) is 0 Å². The number of hydrogen-bond donors (Lipinski definition) is 0. The molecule has 5 atom stereocenters. The van der Waals surface area contributed by atoms with Crippen LogP contribution in [-0.4, -0.2) is 11.6 Å².